The molecule has 0 aliphatic heterocycles. The van der Waals surface area contributed by atoms with E-state index in [0.717, 1.165) is 64.2 Å². The number of ketones is 1. The fraction of sp³-hybridized carbons (Fsp3) is 0.897. The number of nitrogens with zero attached hydrogens (tertiary/aromatic N) is 1. The van der Waals surface area contributed by atoms with Crippen LogP contribution in [0.2, 0.25) is 0 Å². The van der Waals surface area contributed by atoms with E-state index in [4.69, 9.17) is 4.52 Å². The Hall–Kier alpha value is -1.01. The minimum absolute atomic E-state index is 0.0582. The van der Waals surface area contributed by atoms with Gasteiger partial charge in [0.1, 0.15) is 18.9 Å². The van der Waals surface area contributed by atoms with Gasteiger partial charge in [-0.3, -0.25) is 19.0 Å². The molecule has 0 amide bonds. The Labute approximate surface area is 291 Å². The molecule has 0 spiro atoms. The van der Waals surface area contributed by atoms with E-state index < -0.39 is 13.8 Å². The highest BCUT2D eigenvalue weighted by molar-refractivity contribution is 7.48. The Balaban J connectivity index is 3.39. The first-order valence-electron chi connectivity index (χ1n) is 19.7. The minimum atomic E-state index is -4.32. The van der Waals surface area contributed by atoms with Crippen LogP contribution in [0.3, 0.4) is 0 Å². The van der Waals surface area contributed by atoms with Crippen LogP contribution in [0.5, 0.6) is 0 Å². The highest BCUT2D eigenvalue weighted by Crippen LogP contribution is 2.43. The van der Waals surface area contributed by atoms with Gasteiger partial charge in [0.05, 0.1) is 21.1 Å². The van der Waals surface area contributed by atoms with Crippen molar-refractivity contribution < 1.29 is 32.6 Å². The Morgan fingerprint density at radius 3 is 1.34 bits per heavy atom. The van der Waals surface area contributed by atoms with Crippen LogP contribution in [0.25, 0.3) is 0 Å². The van der Waals surface area contributed by atoms with E-state index >= 15 is 0 Å². The Bertz CT molecular complexity index is 810. The van der Waals surface area contributed by atoms with Crippen molar-refractivity contribution in [2.75, 3.05) is 34.3 Å². The third-order valence-corrected chi connectivity index (χ3v) is 9.73. The molecule has 0 aliphatic rings. The summed E-state index contributed by atoms with van der Waals surface area (Å²) in [7, 11) is 1.53. The van der Waals surface area contributed by atoms with Crippen LogP contribution >= 0.6 is 7.82 Å². The molecule has 0 rings (SSSR count). The van der Waals surface area contributed by atoms with Crippen LogP contribution in [0.1, 0.15) is 193 Å². The lowest BCUT2D eigenvalue weighted by Gasteiger charge is -2.23. The molecule has 0 radical (unpaired) electrons. The maximum Gasteiger partial charge on any atom is 0.529 e. The van der Waals surface area contributed by atoms with Gasteiger partial charge in [-0.05, 0) is 44.9 Å². The number of phosphoric ester groups is 1. The molecule has 0 saturated heterocycles. The van der Waals surface area contributed by atoms with E-state index in [1.54, 1.807) is 0 Å². The molecule has 0 aromatic carbocycles. The minimum Gasteiger partial charge on any atom is -0.371 e. The first-order chi connectivity index (χ1) is 22.6. The molecule has 0 aromatic heterocycles. The molecule has 7 nitrogen and oxygen atoms in total. The van der Waals surface area contributed by atoms with Crippen LogP contribution in [-0.4, -0.2) is 55.4 Å². The second kappa shape index (κ2) is 32.2. The molecular weight excluding hydrogens is 609 g/mol. The quantitative estimate of drug-likeness (QED) is 0.0305. The maximum atomic E-state index is 12.2. The zero-order chi connectivity index (χ0) is 34.9. The standard InChI is InChI=1S/C39H76NO6P/c1-5-6-7-8-9-10-11-15-18-21-24-27-30-33-38(41)34-31-28-25-22-19-16-13-12-14-17-20-23-26-29-32-35-39(42)46-47(43,44)45-37-36-40(2,3)4/h12,14H,5-11,13,15-37H2,1-4H3/p+1. The molecule has 0 heterocycles. The second-order valence-corrected chi connectivity index (χ2v) is 16.1. The van der Waals surface area contributed by atoms with Gasteiger partial charge in [0.25, 0.3) is 0 Å². The summed E-state index contributed by atoms with van der Waals surface area (Å²) in [4.78, 5) is 33.7. The average Bonchev–Trinajstić information content (AvgIpc) is 3.00. The number of rotatable bonds is 36. The predicted octanol–water partition coefficient (Wildman–Crippen LogP) is 11.8. The summed E-state index contributed by atoms with van der Waals surface area (Å²) in [5.74, 6) is -0.194. The normalized spacial score (nSPS) is 13.3. The molecule has 1 atom stereocenters. The van der Waals surface area contributed by atoms with Gasteiger partial charge in [-0.2, -0.15) is 0 Å². The zero-order valence-corrected chi connectivity index (χ0v) is 32.4. The molecule has 278 valence electrons. The molecule has 0 bridgehead atoms. The van der Waals surface area contributed by atoms with E-state index in [0.29, 0.717) is 23.2 Å². The Morgan fingerprint density at radius 2 is 0.936 bits per heavy atom. The Morgan fingerprint density at radius 1 is 0.574 bits per heavy atom. The Kier molecular flexibility index (Phi) is 31.5. The van der Waals surface area contributed by atoms with Gasteiger partial charge >= 0.3 is 13.8 Å². The lowest BCUT2D eigenvalue weighted by molar-refractivity contribution is -0.870. The van der Waals surface area contributed by atoms with Gasteiger partial charge in [0.15, 0.2) is 0 Å². The third kappa shape index (κ3) is 37.7. The van der Waals surface area contributed by atoms with E-state index in [-0.39, 0.29) is 13.0 Å². The summed E-state index contributed by atoms with van der Waals surface area (Å²) < 4.78 is 22.0. The first-order valence-corrected chi connectivity index (χ1v) is 21.2. The summed E-state index contributed by atoms with van der Waals surface area (Å²) >= 11 is 0. The molecule has 8 heteroatoms. The molecular formula is C39H77NO6P+. The topological polar surface area (TPSA) is 89.9 Å². The van der Waals surface area contributed by atoms with Gasteiger partial charge in [-0.25, -0.2) is 4.57 Å². The number of likely N-dealkylation sites (N-methyl/N-ethyl adjacent to an activating group) is 1. The van der Waals surface area contributed by atoms with Gasteiger partial charge in [-0.15, -0.1) is 0 Å². The summed E-state index contributed by atoms with van der Waals surface area (Å²) in [6, 6.07) is 0. The molecule has 47 heavy (non-hydrogen) atoms. The SMILES string of the molecule is CCCCCCCCCCCCCCCC(=O)CCCCCCCCC=CCCCCCCCC(=O)OP(=O)(O)OCC[N+](C)(C)C. The lowest BCUT2D eigenvalue weighted by atomic mass is 10.0. The summed E-state index contributed by atoms with van der Waals surface area (Å²) in [5, 5.41) is 0. The zero-order valence-electron chi connectivity index (χ0n) is 31.5. The van der Waals surface area contributed by atoms with E-state index in [1.165, 1.54) is 109 Å². The molecule has 0 aliphatic carbocycles. The van der Waals surface area contributed by atoms with Gasteiger partial charge in [0, 0.05) is 19.3 Å². The van der Waals surface area contributed by atoms with Gasteiger partial charge in [0.2, 0.25) is 0 Å². The number of carbonyl (C=O) groups is 2. The number of hydrogen-bond acceptors (Lipinski definition) is 5. The number of quaternary nitrogens is 1. The summed E-state index contributed by atoms with van der Waals surface area (Å²) in [6.45, 7) is 2.88. The first kappa shape index (κ1) is 46.0. The van der Waals surface area contributed by atoms with Crippen molar-refractivity contribution in [1.29, 1.82) is 0 Å². The maximum absolute atomic E-state index is 12.2. The fourth-order valence-electron chi connectivity index (χ4n) is 5.68. The molecule has 0 fully saturated rings. The summed E-state index contributed by atoms with van der Waals surface area (Å²) in [6.07, 6.45) is 38.3. The molecule has 0 aromatic rings. The van der Waals surface area contributed by atoms with Crippen molar-refractivity contribution in [3.05, 3.63) is 12.2 Å². The van der Waals surface area contributed by atoms with E-state index in [9.17, 15) is 19.0 Å². The van der Waals surface area contributed by atoms with Crippen LogP contribution in [0.15, 0.2) is 12.2 Å². The smallest absolute Gasteiger partial charge is 0.371 e. The fourth-order valence-corrected chi connectivity index (χ4v) is 6.40. The molecule has 1 unspecified atom stereocenters. The van der Waals surface area contributed by atoms with Crippen molar-refractivity contribution >= 4 is 19.6 Å². The van der Waals surface area contributed by atoms with Crippen LogP contribution < -0.4 is 0 Å². The van der Waals surface area contributed by atoms with Crippen LogP contribution in [-0.2, 0) is 23.2 Å². The number of allylic oxidation sites excluding steroid dienone is 2. The van der Waals surface area contributed by atoms with Crippen LogP contribution in [0, 0.1) is 0 Å². The highest BCUT2D eigenvalue weighted by atomic mass is 31.2. The number of unbranched alkanes of at least 4 members (excludes halogenated alkanes) is 23. The molecule has 1 N–H and O–H groups in total. The van der Waals surface area contributed by atoms with Crippen LogP contribution in [0.4, 0.5) is 0 Å². The van der Waals surface area contributed by atoms with Crippen molar-refractivity contribution in [2.24, 2.45) is 0 Å². The summed E-state index contributed by atoms with van der Waals surface area (Å²) in [5.41, 5.74) is 0. The lowest BCUT2D eigenvalue weighted by Crippen LogP contribution is -2.37. The number of phosphoric acid groups is 1. The number of Topliss-reactive ketones (excluding diaryl/α,β-unsaturated/α-hetero) is 1. The van der Waals surface area contributed by atoms with Gasteiger partial charge in [-0.1, -0.05) is 141 Å². The van der Waals surface area contributed by atoms with Crippen molar-refractivity contribution in [2.45, 2.75) is 193 Å². The van der Waals surface area contributed by atoms with Crippen molar-refractivity contribution in [3.63, 3.8) is 0 Å². The second-order valence-electron chi connectivity index (χ2n) is 14.7. The highest BCUT2D eigenvalue weighted by Gasteiger charge is 2.26. The largest absolute Gasteiger partial charge is 0.529 e. The van der Waals surface area contributed by atoms with E-state index in [1.807, 2.05) is 21.1 Å². The molecule has 0 saturated carbocycles. The average molecular weight is 687 g/mol. The number of hydrogen-bond donors (Lipinski definition) is 1. The number of carbonyl (C=O) groups excluding carboxylic acids is 2. The monoisotopic (exact) mass is 687 g/mol. The van der Waals surface area contributed by atoms with Crippen molar-refractivity contribution in [3.8, 4) is 0 Å². The predicted molar refractivity (Wildman–Crippen MR) is 198 cm³/mol. The van der Waals surface area contributed by atoms with Gasteiger partial charge < -0.3 is 9.01 Å². The third-order valence-electron chi connectivity index (χ3n) is 8.79. The van der Waals surface area contributed by atoms with E-state index in [2.05, 4.69) is 23.6 Å². The van der Waals surface area contributed by atoms with Crippen molar-refractivity contribution in [1.82, 2.24) is 0 Å².